The Morgan fingerprint density at radius 1 is 1.57 bits per heavy atom. The van der Waals surface area contributed by atoms with Gasteiger partial charge < -0.3 is 9.72 Å². The molecule has 0 saturated carbocycles. The molecule has 0 saturated heterocycles. The molecule has 5 heteroatoms. The van der Waals surface area contributed by atoms with Gasteiger partial charge in [-0.2, -0.15) is 0 Å². The van der Waals surface area contributed by atoms with Gasteiger partial charge in [0.2, 0.25) is 0 Å². The van der Waals surface area contributed by atoms with Crippen molar-refractivity contribution < 1.29 is 9.53 Å². The molecule has 0 fully saturated rings. The zero-order chi connectivity index (χ0) is 9.97. The van der Waals surface area contributed by atoms with E-state index in [9.17, 15) is 4.79 Å². The van der Waals surface area contributed by atoms with E-state index in [1.54, 1.807) is 12.4 Å². The molecule has 0 spiro atoms. The van der Waals surface area contributed by atoms with E-state index in [0.717, 1.165) is 11.0 Å². The monoisotopic (exact) mass is 191 g/mol. The van der Waals surface area contributed by atoms with Crippen molar-refractivity contribution in [2.75, 3.05) is 12.4 Å². The summed E-state index contributed by atoms with van der Waals surface area (Å²) in [6.07, 6.45) is 1.08. The molecule has 0 aliphatic carbocycles. The summed E-state index contributed by atoms with van der Waals surface area (Å²) in [5.74, 6) is 0. The number of nitrogens with zero attached hydrogens (tertiary/aromatic N) is 1. The molecule has 1 amide bonds. The van der Waals surface area contributed by atoms with Crippen LogP contribution in [0, 0.1) is 0 Å². The number of hydrogen-bond acceptors (Lipinski definition) is 3. The molecule has 2 aromatic rings. The average Bonchev–Trinajstić information content (AvgIpc) is 2.66. The Hall–Kier alpha value is -2.04. The van der Waals surface area contributed by atoms with E-state index < -0.39 is 6.09 Å². The van der Waals surface area contributed by atoms with E-state index in [0.29, 0.717) is 5.69 Å². The summed E-state index contributed by atoms with van der Waals surface area (Å²) in [7, 11) is 1.32. The summed E-state index contributed by atoms with van der Waals surface area (Å²) in [6.45, 7) is 0. The van der Waals surface area contributed by atoms with Crippen LogP contribution in [0.1, 0.15) is 0 Å². The van der Waals surface area contributed by atoms with Gasteiger partial charge in [0.15, 0.2) is 0 Å². The number of ether oxygens (including phenoxy) is 1. The zero-order valence-corrected chi connectivity index (χ0v) is 7.57. The van der Waals surface area contributed by atoms with Gasteiger partial charge in [-0.1, -0.05) is 6.07 Å². The molecule has 1 aromatic heterocycles. The maximum atomic E-state index is 11.0. The molecule has 0 aliphatic heterocycles. The minimum absolute atomic E-state index is 0.500. The number of benzene rings is 1. The Balaban J connectivity index is 2.41. The van der Waals surface area contributed by atoms with Gasteiger partial charge in [-0.05, 0) is 12.1 Å². The van der Waals surface area contributed by atoms with Crippen molar-refractivity contribution >= 4 is 22.8 Å². The molecule has 0 radical (unpaired) electrons. The summed E-state index contributed by atoms with van der Waals surface area (Å²) in [5, 5.41) is 2.58. The van der Waals surface area contributed by atoms with Crippen LogP contribution < -0.4 is 5.32 Å². The number of carbonyl (C=O) groups excluding carboxylic acids is 1. The third kappa shape index (κ3) is 1.39. The lowest BCUT2D eigenvalue weighted by Gasteiger charge is -2.03. The van der Waals surface area contributed by atoms with Crippen molar-refractivity contribution in [3.8, 4) is 0 Å². The number of aromatic nitrogens is 2. The van der Waals surface area contributed by atoms with Gasteiger partial charge in [-0.3, -0.25) is 5.32 Å². The van der Waals surface area contributed by atoms with Crippen LogP contribution in [-0.2, 0) is 4.74 Å². The minimum Gasteiger partial charge on any atom is -0.453 e. The molecular weight excluding hydrogens is 182 g/mol. The van der Waals surface area contributed by atoms with Crippen LogP contribution in [0.2, 0.25) is 0 Å². The summed E-state index contributed by atoms with van der Waals surface area (Å²) < 4.78 is 4.49. The van der Waals surface area contributed by atoms with Crippen LogP contribution in [-0.4, -0.2) is 23.2 Å². The summed E-state index contributed by atoms with van der Waals surface area (Å²) in [6, 6.07) is 5.47. The van der Waals surface area contributed by atoms with Crippen LogP contribution in [0.15, 0.2) is 24.5 Å². The number of fused-ring (bicyclic) bond motifs is 1. The largest absolute Gasteiger partial charge is 0.453 e. The fourth-order valence-electron chi connectivity index (χ4n) is 1.23. The highest BCUT2D eigenvalue weighted by atomic mass is 16.5. The second-order valence-electron chi connectivity index (χ2n) is 2.72. The number of aromatic amines is 1. The highest BCUT2D eigenvalue weighted by molar-refractivity contribution is 5.96. The maximum Gasteiger partial charge on any atom is 0.411 e. The first-order valence-corrected chi connectivity index (χ1v) is 4.08. The molecule has 0 atom stereocenters. The van der Waals surface area contributed by atoms with E-state index in [1.165, 1.54) is 7.11 Å². The predicted molar refractivity (Wildman–Crippen MR) is 52.1 cm³/mol. The van der Waals surface area contributed by atoms with Crippen LogP contribution in [0.3, 0.4) is 0 Å². The van der Waals surface area contributed by atoms with Crippen LogP contribution >= 0.6 is 0 Å². The van der Waals surface area contributed by atoms with Gasteiger partial charge in [0.1, 0.15) is 5.52 Å². The van der Waals surface area contributed by atoms with Gasteiger partial charge in [0.05, 0.1) is 24.6 Å². The van der Waals surface area contributed by atoms with Crippen molar-refractivity contribution in [1.82, 2.24) is 9.97 Å². The van der Waals surface area contributed by atoms with Crippen molar-refractivity contribution in [3.63, 3.8) is 0 Å². The van der Waals surface area contributed by atoms with Crippen molar-refractivity contribution in [3.05, 3.63) is 24.5 Å². The maximum absolute atomic E-state index is 11.0. The Kier molecular flexibility index (Phi) is 2.06. The molecule has 2 rings (SSSR count). The summed E-state index contributed by atoms with van der Waals surface area (Å²) >= 11 is 0. The molecule has 0 bridgehead atoms. The fourth-order valence-corrected chi connectivity index (χ4v) is 1.23. The van der Waals surface area contributed by atoms with E-state index in [1.807, 2.05) is 12.1 Å². The molecule has 5 nitrogen and oxygen atoms in total. The number of para-hydroxylation sites is 1. The second-order valence-corrected chi connectivity index (χ2v) is 2.72. The Labute approximate surface area is 80.1 Å². The van der Waals surface area contributed by atoms with E-state index in [-0.39, 0.29) is 0 Å². The molecule has 0 unspecified atom stereocenters. The lowest BCUT2D eigenvalue weighted by atomic mass is 10.3. The fraction of sp³-hybridized carbons (Fsp3) is 0.111. The lowest BCUT2D eigenvalue weighted by molar-refractivity contribution is 0.187. The highest BCUT2D eigenvalue weighted by Gasteiger charge is 2.05. The second kappa shape index (κ2) is 3.37. The number of rotatable bonds is 1. The van der Waals surface area contributed by atoms with Crippen LogP contribution in [0.5, 0.6) is 0 Å². The van der Waals surface area contributed by atoms with Gasteiger partial charge >= 0.3 is 6.09 Å². The lowest BCUT2D eigenvalue weighted by Crippen LogP contribution is -2.11. The van der Waals surface area contributed by atoms with E-state index >= 15 is 0 Å². The summed E-state index contributed by atoms with van der Waals surface area (Å²) in [5.41, 5.74) is 2.23. The highest BCUT2D eigenvalue weighted by Crippen LogP contribution is 2.19. The Bertz CT molecular complexity index is 464. The first-order chi connectivity index (χ1) is 6.81. The number of imidazole rings is 1. The molecule has 2 N–H and O–H groups in total. The molecule has 14 heavy (non-hydrogen) atoms. The number of methoxy groups -OCH3 is 1. The topological polar surface area (TPSA) is 67.0 Å². The van der Waals surface area contributed by atoms with E-state index in [4.69, 9.17) is 0 Å². The van der Waals surface area contributed by atoms with Crippen LogP contribution in [0.4, 0.5) is 10.5 Å². The number of carbonyl (C=O) groups is 1. The van der Waals surface area contributed by atoms with Crippen LogP contribution in [0.25, 0.3) is 11.0 Å². The molecule has 72 valence electrons. The molecule has 1 heterocycles. The minimum atomic E-state index is -0.500. The first kappa shape index (κ1) is 8.55. The van der Waals surface area contributed by atoms with E-state index in [2.05, 4.69) is 20.0 Å². The number of amides is 1. The standard InChI is InChI=1S/C9H9N3O2/c1-14-9(13)12-7-4-2-3-6-8(7)11-5-10-6/h2-5H,1H3,(H,10,11)(H,12,13). The van der Waals surface area contributed by atoms with Gasteiger partial charge in [0.25, 0.3) is 0 Å². The number of hydrogen-bond donors (Lipinski definition) is 2. The van der Waals surface area contributed by atoms with Gasteiger partial charge in [-0.15, -0.1) is 0 Å². The van der Waals surface area contributed by atoms with Crippen molar-refractivity contribution in [2.45, 2.75) is 0 Å². The van der Waals surface area contributed by atoms with Gasteiger partial charge in [0, 0.05) is 0 Å². The normalized spacial score (nSPS) is 10.1. The number of anilines is 1. The third-order valence-corrected chi connectivity index (χ3v) is 1.87. The smallest absolute Gasteiger partial charge is 0.411 e. The third-order valence-electron chi connectivity index (χ3n) is 1.87. The Morgan fingerprint density at radius 2 is 2.43 bits per heavy atom. The Morgan fingerprint density at radius 3 is 3.21 bits per heavy atom. The average molecular weight is 191 g/mol. The van der Waals surface area contributed by atoms with Gasteiger partial charge in [-0.25, -0.2) is 9.78 Å². The van der Waals surface area contributed by atoms with Crippen molar-refractivity contribution in [2.24, 2.45) is 0 Å². The zero-order valence-electron chi connectivity index (χ0n) is 7.57. The quantitative estimate of drug-likeness (QED) is 0.721. The molecule has 0 aliphatic rings. The SMILES string of the molecule is COC(=O)Nc1cccc2[nH]cnc12. The number of nitrogens with one attached hydrogen (secondary N) is 2. The molecule has 1 aromatic carbocycles. The molecular formula is C9H9N3O2. The number of H-pyrrole nitrogens is 1. The first-order valence-electron chi connectivity index (χ1n) is 4.08. The summed E-state index contributed by atoms with van der Waals surface area (Å²) in [4.78, 5) is 18.0. The van der Waals surface area contributed by atoms with Crippen molar-refractivity contribution in [1.29, 1.82) is 0 Å². The predicted octanol–water partition coefficient (Wildman–Crippen LogP) is 1.74.